The van der Waals surface area contributed by atoms with Gasteiger partial charge >= 0.3 is 0 Å². The highest BCUT2D eigenvalue weighted by Crippen LogP contribution is 2.33. The van der Waals surface area contributed by atoms with Gasteiger partial charge in [0.1, 0.15) is 11.5 Å². The van der Waals surface area contributed by atoms with E-state index in [1.54, 1.807) is 30.3 Å². The van der Waals surface area contributed by atoms with Gasteiger partial charge in [-0.25, -0.2) is 0 Å². The lowest BCUT2D eigenvalue weighted by Crippen LogP contribution is -2.39. The summed E-state index contributed by atoms with van der Waals surface area (Å²) in [4.78, 5) is 52.0. The second-order valence-electron chi connectivity index (χ2n) is 7.14. The summed E-state index contributed by atoms with van der Waals surface area (Å²) in [6, 6.07) is 9.27. The van der Waals surface area contributed by atoms with Crippen LogP contribution >= 0.6 is 0 Å². The molecule has 2 aromatic carbocycles. The molecule has 7 heteroatoms. The van der Waals surface area contributed by atoms with Crippen LogP contribution in [0, 0.1) is 0 Å². The van der Waals surface area contributed by atoms with Crippen LogP contribution in [0.15, 0.2) is 36.4 Å². The lowest BCUT2D eigenvalue weighted by atomic mass is 10.1. The Balaban J connectivity index is 1.63. The molecule has 148 valence electrons. The van der Waals surface area contributed by atoms with Crippen molar-refractivity contribution in [3.05, 3.63) is 58.7 Å². The molecule has 0 radical (unpaired) electrons. The highest BCUT2D eigenvalue weighted by molar-refractivity contribution is 6.22. The van der Waals surface area contributed by atoms with Crippen LogP contribution in [0.3, 0.4) is 0 Å². The molecule has 29 heavy (non-hydrogen) atoms. The molecular formula is C22H20N2O5. The van der Waals surface area contributed by atoms with Crippen molar-refractivity contribution in [2.24, 2.45) is 0 Å². The van der Waals surface area contributed by atoms with Gasteiger partial charge in [0.05, 0.1) is 22.3 Å². The van der Waals surface area contributed by atoms with Crippen molar-refractivity contribution >= 4 is 23.6 Å². The van der Waals surface area contributed by atoms with E-state index in [1.165, 1.54) is 18.0 Å². The van der Waals surface area contributed by atoms with Crippen molar-refractivity contribution in [3.8, 4) is 11.5 Å². The van der Waals surface area contributed by atoms with Crippen molar-refractivity contribution in [3.63, 3.8) is 0 Å². The van der Waals surface area contributed by atoms with E-state index in [-0.39, 0.29) is 35.2 Å². The molecular weight excluding hydrogens is 372 g/mol. The molecule has 2 aliphatic rings. The Morgan fingerprint density at radius 2 is 1.17 bits per heavy atom. The molecule has 4 rings (SSSR count). The largest absolute Gasteiger partial charge is 0.457 e. The standard InChI is InChI=1S/C22H20N2O5/c1-4-12(5-2)24-21(27)16-9-7-14(11-18(16)22(24)28)29-13-6-8-15-17(10-13)20(26)23(3)19(15)25/h6-12H,4-5H2,1-3H3. The average Bonchev–Trinajstić information content (AvgIpc) is 3.09. The van der Waals surface area contributed by atoms with Gasteiger partial charge in [0.25, 0.3) is 23.6 Å². The maximum absolute atomic E-state index is 12.8. The molecule has 0 saturated heterocycles. The van der Waals surface area contributed by atoms with Crippen molar-refractivity contribution in [2.45, 2.75) is 32.7 Å². The molecule has 4 amide bonds. The SMILES string of the molecule is CCC(CC)N1C(=O)c2ccc(Oc3ccc4c(c3)C(=O)N(C)C4=O)cc2C1=O. The Hall–Kier alpha value is -3.48. The Kier molecular flexibility index (Phi) is 4.45. The van der Waals surface area contributed by atoms with E-state index in [2.05, 4.69) is 0 Å². The molecule has 2 aromatic rings. The van der Waals surface area contributed by atoms with Gasteiger partial charge in [-0.1, -0.05) is 13.8 Å². The van der Waals surface area contributed by atoms with Gasteiger partial charge in [-0.15, -0.1) is 0 Å². The van der Waals surface area contributed by atoms with Crippen molar-refractivity contribution in [1.29, 1.82) is 0 Å². The van der Waals surface area contributed by atoms with Gasteiger partial charge in [0.15, 0.2) is 0 Å². The van der Waals surface area contributed by atoms with Crippen LogP contribution in [0.1, 0.15) is 68.1 Å². The normalized spacial score (nSPS) is 15.4. The molecule has 7 nitrogen and oxygen atoms in total. The van der Waals surface area contributed by atoms with Crippen LogP contribution in [-0.2, 0) is 0 Å². The van der Waals surface area contributed by atoms with Crippen molar-refractivity contribution < 1.29 is 23.9 Å². The minimum atomic E-state index is -0.383. The molecule has 2 heterocycles. The van der Waals surface area contributed by atoms with Crippen LogP contribution in [0.4, 0.5) is 0 Å². The molecule has 0 bridgehead atoms. The minimum absolute atomic E-state index is 0.135. The first-order valence-corrected chi connectivity index (χ1v) is 9.53. The average molecular weight is 392 g/mol. The summed E-state index contributed by atoms with van der Waals surface area (Å²) in [5.74, 6) is -0.587. The number of rotatable bonds is 5. The highest BCUT2D eigenvalue weighted by atomic mass is 16.5. The lowest BCUT2D eigenvalue weighted by Gasteiger charge is -2.23. The molecule has 0 atom stereocenters. The smallest absolute Gasteiger partial charge is 0.261 e. The third-order valence-electron chi connectivity index (χ3n) is 5.49. The monoisotopic (exact) mass is 392 g/mol. The van der Waals surface area contributed by atoms with Gasteiger partial charge in [0.2, 0.25) is 0 Å². The second-order valence-corrected chi connectivity index (χ2v) is 7.14. The quantitative estimate of drug-likeness (QED) is 0.728. The van der Waals surface area contributed by atoms with Gasteiger partial charge in [-0.3, -0.25) is 29.0 Å². The topological polar surface area (TPSA) is 84.0 Å². The number of fused-ring (bicyclic) bond motifs is 2. The van der Waals surface area contributed by atoms with E-state index >= 15 is 0 Å². The number of hydrogen-bond acceptors (Lipinski definition) is 5. The van der Waals surface area contributed by atoms with Crippen LogP contribution in [-0.4, -0.2) is 46.5 Å². The molecule has 0 fully saturated rings. The number of amides is 4. The fraction of sp³-hybridized carbons (Fsp3) is 0.273. The Bertz CT molecular complexity index is 1070. The van der Waals surface area contributed by atoms with Crippen LogP contribution in [0.2, 0.25) is 0 Å². The first-order valence-electron chi connectivity index (χ1n) is 9.53. The van der Waals surface area contributed by atoms with E-state index in [1.807, 2.05) is 13.8 Å². The van der Waals surface area contributed by atoms with Gasteiger partial charge in [-0.2, -0.15) is 0 Å². The van der Waals surface area contributed by atoms with Crippen molar-refractivity contribution in [2.75, 3.05) is 7.05 Å². The van der Waals surface area contributed by atoms with E-state index in [0.29, 0.717) is 41.0 Å². The lowest BCUT2D eigenvalue weighted by molar-refractivity contribution is 0.0573. The summed E-state index contributed by atoms with van der Waals surface area (Å²) < 4.78 is 5.82. The minimum Gasteiger partial charge on any atom is -0.457 e. The van der Waals surface area contributed by atoms with E-state index < -0.39 is 0 Å². The van der Waals surface area contributed by atoms with E-state index in [0.717, 1.165) is 4.90 Å². The summed E-state index contributed by atoms with van der Waals surface area (Å²) in [6.45, 7) is 3.90. The summed E-state index contributed by atoms with van der Waals surface area (Å²) in [7, 11) is 1.43. The van der Waals surface area contributed by atoms with Crippen LogP contribution in [0.5, 0.6) is 11.5 Å². The van der Waals surface area contributed by atoms with Crippen LogP contribution in [0.25, 0.3) is 0 Å². The number of carbonyl (C=O) groups excluding carboxylic acids is 4. The zero-order chi connectivity index (χ0) is 20.9. The Morgan fingerprint density at radius 1 is 0.724 bits per heavy atom. The molecule has 0 saturated carbocycles. The molecule has 0 N–H and O–H groups in total. The number of hydrogen-bond donors (Lipinski definition) is 0. The summed E-state index contributed by atoms with van der Waals surface area (Å²) in [5.41, 5.74) is 1.29. The number of ether oxygens (including phenoxy) is 1. The predicted octanol–water partition coefficient (Wildman–Crippen LogP) is 3.49. The van der Waals surface area contributed by atoms with Gasteiger partial charge in [0, 0.05) is 13.1 Å². The molecule has 0 aliphatic carbocycles. The van der Waals surface area contributed by atoms with E-state index in [9.17, 15) is 19.2 Å². The van der Waals surface area contributed by atoms with Gasteiger partial charge in [-0.05, 0) is 49.2 Å². The second kappa shape index (κ2) is 6.84. The zero-order valence-electron chi connectivity index (χ0n) is 16.4. The Morgan fingerprint density at radius 3 is 1.72 bits per heavy atom. The fourth-order valence-electron chi connectivity index (χ4n) is 3.83. The maximum atomic E-state index is 12.8. The number of benzene rings is 2. The highest BCUT2D eigenvalue weighted by Gasteiger charge is 2.39. The summed E-state index contributed by atoms with van der Waals surface area (Å²) in [5, 5.41) is 0. The predicted molar refractivity (Wildman–Crippen MR) is 104 cm³/mol. The third kappa shape index (κ3) is 2.81. The Labute approximate surface area is 167 Å². The first-order chi connectivity index (χ1) is 13.9. The number of nitrogens with zero attached hydrogens (tertiary/aromatic N) is 2. The third-order valence-corrected chi connectivity index (χ3v) is 5.49. The summed E-state index contributed by atoms with van der Waals surface area (Å²) in [6.07, 6.45) is 1.39. The zero-order valence-corrected chi connectivity index (χ0v) is 16.4. The van der Waals surface area contributed by atoms with Gasteiger partial charge < -0.3 is 4.74 Å². The number of carbonyl (C=O) groups is 4. The summed E-state index contributed by atoms with van der Waals surface area (Å²) >= 11 is 0. The molecule has 2 aliphatic heterocycles. The first kappa shape index (κ1) is 18.9. The van der Waals surface area contributed by atoms with Crippen molar-refractivity contribution in [1.82, 2.24) is 9.80 Å². The molecule has 0 unspecified atom stereocenters. The van der Waals surface area contributed by atoms with Crippen LogP contribution < -0.4 is 4.74 Å². The fourth-order valence-corrected chi connectivity index (χ4v) is 3.83. The maximum Gasteiger partial charge on any atom is 0.261 e. The molecule has 0 aromatic heterocycles. The molecule has 0 spiro atoms. The number of imide groups is 2. The van der Waals surface area contributed by atoms with E-state index in [4.69, 9.17) is 4.74 Å².